The number of esters is 1. The van der Waals surface area contributed by atoms with Gasteiger partial charge in [0.15, 0.2) is 6.61 Å². The second kappa shape index (κ2) is 6.85. The zero-order valence-corrected chi connectivity index (χ0v) is 15.6. The highest BCUT2D eigenvalue weighted by Gasteiger charge is 2.24. The maximum absolute atomic E-state index is 12.5. The molecule has 0 bridgehead atoms. The normalized spacial score (nSPS) is 11.1. The number of aryl methyl sites for hydroxylation is 2. The van der Waals surface area contributed by atoms with Crippen molar-refractivity contribution in [3.8, 4) is 0 Å². The van der Waals surface area contributed by atoms with Crippen LogP contribution >= 0.6 is 11.7 Å². The van der Waals surface area contributed by atoms with Crippen LogP contribution in [0.1, 0.15) is 16.1 Å². The van der Waals surface area contributed by atoms with Crippen molar-refractivity contribution in [3.05, 3.63) is 46.2 Å². The van der Waals surface area contributed by atoms with Crippen molar-refractivity contribution in [2.24, 2.45) is 7.05 Å². The number of amides is 1. The Morgan fingerprint density at radius 3 is 2.96 bits per heavy atom. The number of hydrogen-bond donors (Lipinski definition) is 1. The maximum Gasteiger partial charge on any atom is 0.343 e. The van der Waals surface area contributed by atoms with Crippen LogP contribution < -0.4 is 10.9 Å². The molecular formula is C17H13N5O5S. The largest absolute Gasteiger partial charge is 0.452 e. The van der Waals surface area contributed by atoms with E-state index >= 15 is 0 Å². The fourth-order valence-corrected chi connectivity index (χ4v) is 3.28. The summed E-state index contributed by atoms with van der Waals surface area (Å²) in [5, 5.41) is 2.65. The molecule has 0 aliphatic carbocycles. The Bertz CT molecular complexity index is 1290. The van der Waals surface area contributed by atoms with Crippen LogP contribution in [0, 0.1) is 6.92 Å². The van der Waals surface area contributed by atoms with Crippen LogP contribution in [0.3, 0.4) is 0 Å². The minimum atomic E-state index is -0.843. The van der Waals surface area contributed by atoms with Crippen molar-refractivity contribution in [3.63, 3.8) is 0 Å². The molecule has 10 nitrogen and oxygen atoms in total. The molecule has 0 saturated carbocycles. The monoisotopic (exact) mass is 399 g/mol. The van der Waals surface area contributed by atoms with Crippen LogP contribution in [0.15, 0.2) is 33.7 Å². The number of carbonyl (C=O) groups is 2. The van der Waals surface area contributed by atoms with Gasteiger partial charge in [-0.1, -0.05) is 6.07 Å². The molecule has 0 atom stereocenters. The first-order valence-corrected chi connectivity index (χ1v) is 8.81. The molecule has 28 heavy (non-hydrogen) atoms. The number of anilines is 1. The van der Waals surface area contributed by atoms with Gasteiger partial charge in [-0.05, 0) is 19.1 Å². The number of nitrogens with one attached hydrogen (secondary N) is 1. The van der Waals surface area contributed by atoms with Gasteiger partial charge < -0.3 is 19.0 Å². The van der Waals surface area contributed by atoms with Crippen LogP contribution in [0.2, 0.25) is 0 Å². The summed E-state index contributed by atoms with van der Waals surface area (Å²) < 4.78 is 19.9. The molecule has 3 heterocycles. The lowest BCUT2D eigenvalue weighted by atomic mass is 10.2. The molecule has 142 valence electrons. The Morgan fingerprint density at radius 1 is 1.32 bits per heavy atom. The third kappa shape index (κ3) is 3.01. The zero-order valence-electron chi connectivity index (χ0n) is 14.8. The van der Waals surface area contributed by atoms with E-state index in [1.54, 1.807) is 18.2 Å². The molecule has 0 saturated heterocycles. The first-order chi connectivity index (χ1) is 13.5. The van der Waals surface area contributed by atoms with E-state index < -0.39 is 24.0 Å². The van der Waals surface area contributed by atoms with E-state index in [9.17, 15) is 14.4 Å². The summed E-state index contributed by atoms with van der Waals surface area (Å²) in [5.74, 6) is -1.20. The average Bonchev–Trinajstić information content (AvgIpc) is 3.28. The molecule has 11 heteroatoms. The minimum absolute atomic E-state index is 0.0197. The molecule has 0 unspecified atom stereocenters. The number of carbonyl (C=O) groups excluding carboxylic acids is 2. The van der Waals surface area contributed by atoms with E-state index in [1.807, 2.05) is 0 Å². The van der Waals surface area contributed by atoms with Crippen LogP contribution in [-0.4, -0.2) is 36.8 Å². The second-order valence-corrected chi connectivity index (χ2v) is 6.46. The highest BCUT2D eigenvalue weighted by atomic mass is 32.1. The average molecular weight is 399 g/mol. The van der Waals surface area contributed by atoms with Crippen molar-refractivity contribution in [2.45, 2.75) is 6.92 Å². The smallest absolute Gasteiger partial charge is 0.343 e. The zero-order chi connectivity index (χ0) is 19.8. The molecule has 4 rings (SSSR count). The van der Waals surface area contributed by atoms with Crippen LogP contribution in [0.5, 0.6) is 0 Å². The number of ether oxygens (including phenoxy) is 1. The quantitative estimate of drug-likeness (QED) is 0.513. The van der Waals surface area contributed by atoms with Gasteiger partial charge in [-0.25, -0.2) is 9.78 Å². The molecule has 4 aromatic rings. The van der Waals surface area contributed by atoms with E-state index in [-0.39, 0.29) is 22.4 Å². The van der Waals surface area contributed by atoms with Gasteiger partial charge >= 0.3 is 5.97 Å². The summed E-state index contributed by atoms with van der Waals surface area (Å²) in [6.07, 6.45) is 1.30. The number of hydrogen-bond acceptors (Lipinski definition) is 9. The number of furan rings is 1. The number of nitrogens with zero attached hydrogens (tertiary/aromatic N) is 4. The first-order valence-electron chi connectivity index (χ1n) is 8.08. The van der Waals surface area contributed by atoms with Gasteiger partial charge in [-0.3, -0.25) is 9.59 Å². The van der Waals surface area contributed by atoms with Crippen molar-refractivity contribution in [1.29, 1.82) is 0 Å². The number of aromatic nitrogens is 4. The molecular weight excluding hydrogens is 386 g/mol. The molecule has 3 aromatic heterocycles. The summed E-state index contributed by atoms with van der Waals surface area (Å²) in [7, 11) is 1.51. The predicted molar refractivity (Wildman–Crippen MR) is 100 cm³/mol. The lowest BCUT2D eigenvalue weighted by Gasteiger charge is -2.07. The summed E-state index contributed by atoms with van der Waals surface area (Å²) in [5.41, 5.74) is 1.24. The maximum atomic E-state index is 12.5. The Labute approximate surface area is 161 Å². The van der Waals surface area contributed by atoms with Gasteiger partial charge in [0.25, 0.3) is 11.5 Å². The summed E-state index contributed by atoms with van der Waals surface area (Å²) in [6.45, 7) is 0.979. The van der Waals surface area contributed by atoms with Crippen molar-refractivity contribution in [2.75, 3.05) is 11.9 Å². The molecule has 1 aromatic carbocycles. The third-order valence-corrected chi connectivity index (χ3v) is 4.59. The fourth-order valence-electron chi connectivity index (χ4n) is 2.73. The lowest BCUT2D eigenvalue weighted by molar-refractivity contribution is -0.119. The number of fused-ring (bicyclic) bond motifs is 2. The van der Waals surface area contributed by atoms with Crippen molar-refractivity contribution >= 4 is 51.4 Å². The molecule has 0 radical (unpaired) electrons. The molecule has 0 fully saturated rings. The Morgan fingerprint density at radius 2 is 2.14 bits per heavy atom. The van der Waals surface area contributed by atoms with E-state index in [4.69, 9.17) is 9.15 Å². The first kappa shape index (κ1) is 17.8. The van der Waals surface area contributed by atoms with Gasteiger partial charge in [-0.2, -0.15) is 8.75 Å². The SMILES string of the molecule is Cc1oc2ncn(C)c(=O)c2c1C(=O)OCC(=O)Nc1cccc2nsnc12. The highest BCUT2D eigenvalue weighted by Crippen LogP contribution is 2.22. The molecule has 1 amide bonds. The van der Waals surface area contributed by atoms with Gasteiger partial charge in [0.1, 0.15) is 34.1 Å². The third-order valence-electron chi connectivity index (χ3n) is 4.05. The Hall–Kier alpha value is -3.60. The number of benzene rings is 1. The summed E-state index contributed by atoms with van der Waals surface area (Å²) >= 11 is 1.03. The van der Waals surface area contributed by atoms with Gasteiger partial charge in [-0.15, -0.1) is 0 Å². The Kier molecular flexibility index (Phi) is 4.35. The van der Waals surface area contributed by atoms with Gasteiger partial charge in [0.05, 0.1) is 17.4 Å². The highest BCUT2D eigenvalue weighted by molar-refractivity contribution is 7.00. The minimum Gasteiger partial charge on any atom is -0.452 e. The van der Waals surface area contributed by atoms with Crippen LogP contribution in [0.4, 0.5) is 5.69 Å². The fraction of sp³-hybridized carbons (Fsp3) is 0.176. The van der Waals surface area contributed by atoms with Crippen LogP contribution in [0.25, 0.3) is 22.1 Å². The van der Waals surface area contributed by atoms with E-state index in [2.05, 4.69) is 19.0 Å². The Balaban J connectivity index is 1.52. The summed E-state index contributed by atoms with van der Waals surface area (Å²) in [6, 6.07) is 5.18. The van der Waals surface area contributed by atoms with E-state index in [0.717, 1.165) is 11.7 Å². The molecule has 0 spiro atoms. The summed E-state index contributed by atoms with van der Waals surface area (Å²) in [4.78, 5) is 40.9. The van der Waals surface area contributed by atoms with Gasteiger partial charge in [0, 0.05) is 7.05 Å². The van der Waals surface area contributed by atoms with Crippen molar-refractivity contribution < 1.29 is 18.7 Å². The van der Waals surface area contributed by atoms with E-state index in [0.29, 0.717) is 16.7 Å². The van der Waals surface area contributed by atoms with Gasteiger partial charge in [0.2, 0.25) is 5.71 Å². The standard InChI is InChI=1S/C17H13N5O5S/c1-8-12(13-15(27-8)18-7-22(2)16(13)24)17(25)26-6-11(23)19-9-4-3-5-10-14(9)21-28-20-10/h3-5,7H,6H2,1-2H3,(H,19,23). The molecule has 1 N–H and O–H groups in total. The number of rotatable bonds is 4. The molecule has 0 aliphatic heterocycles. The lowest BCUT2D eigenvalue weighted by Crippen LogP contribution is -2.23. The predicted octanol–water partition coefficient (Wildman–Crippen LogP) is 1.64. The second-order valence-electron chi connectivity index (χ2n) is 5.94. The van der Waals surface area contributed by atoms with Crippen molar-refractivity contribution in [1.82, 2.24) is 18.3 Å². The topological polar surface area (TPSA) is 129 Å². The van der Waals surface area contributed by atoms with E-state index in [1.165, 1.54) is 24.9 Å². The molecule has 0 aliphatic rings. The van der Waals surface area contributed by atoms with Crippen LogP contribution in [-0.2, 0) is 16.6 Å².